The lowest BCUT2D eigenvalue weighted by Gasteiger charge is -2.31. The Balaban J connectivity index is 2.22. The van der Waals surface area contributed by atoms with E-state index in [1.54, 1.807) is 12.1 Å². The van der Waals surface area contributed by atoms with Gasteiger partial charge in [-0.2, -0.15) is 0 Å². The van der Waals surface area contributed by atoms with E-state index in [1.807, 2.05) is 0 Å². The van der Waals surface area contributed by atoms with Crippen LogP contribution in [0.15, 0.2) is 18.2 Å². The fraction of sp³-hybridized carbons (Fsp3) is 0.455. The minimum absolute atomic E-state index is 0.145. The molecule has 0 saturated heterocycles. The molecule has 1 unspecified atom stereocenters. The fourth-order valence-corrected chi connectivity index (χ4v) is 1.84. The van der Waals surface area contributed by atoms with Gasteiger partial charge < -0.3 is 15.9 Å². The predicted octanol–water partition coefficient (Wildman–Crippen LogP) is 1.81. The smallest absolute Gasteiger partial charge is 0.117 e. The molecular weight excluding hydrogens is 178 g/mol. The summed E-state index contributed by atoms with van der Waals surface area (Å²) < 4.78 is 0. The molecule has 0 aliphatic heterocycles. The minimum Gasteiger partial charge on any atom is -0.508 e. The molecule has 3 nitrogen and oxygen atoms in total. The van der Waals surface area contributed by atoms with E-state index in [4.69, 9.17) is 10.8 Å². The molecule has 0 bridgehead atoms. The Bertz CT molecular complexity index is 334. The number of nitrogens with two attached hydrogens (primary N) is 1. The highest BCUT2D eigenvalue weighted by molar-refractivity contribution is 5.52. The largest absolute Gasteiger partial charge is 0.508 e. The van der Waals surface area contributed by atoms with Gasteiger partial charge in [-0.3, -0.25) is 0 Å². The van der Waals surface area contributed by atoms with E-state index in [-0.39, 0.29) is 5.75 Å². The van der Waals surface area contributed by atoms with Gasteiger partial charge in [0.2, 0.25) is 0 Å². The monoisotopic (exact) mass is 193 g/mol. The summed E-state index contributed by atoms with van der Waals surface area (Å²) in [5, 5.41) is 19.1. The number of aliphatic hydroxyl groups excluding tert-OH is 1. The van der Waals surface area contributed by atoms with Crippen LogP contribution in [-0.4, -0.2) is 10.2 Å². The zero-order valence-corrected chi connectivity index (χ0v) is 7.98. The molecule has 1 aromatic carbocycles. The molecule has 1 saturated carbocycles. The first kappa shape index (κ1) is 9.34. The molecule has 1 atom stereocenters. The van der Waals surface area contributed by atoms with E-state index in [9.17, 15) is 5.11 Å². The molecule has 1 aromatic rings. The average molecular weight is 193 g/mol. The maximum Gasteiger partial charge on any atom is 0.117 e. The summed E-state index contributed by atoms with van der Waals surface area (Å²) in [6.07, 6.45) is 2.87. The maximum atomic E-state index is 9.95. The van der Waals surface area contributed by atoms with Crippen LogP contribution in [0.4, 0.5) is 5.69 Å². The second-order valence-corrected chi connectivity index (χ2v) is 3.95. The number of aromatic hydroxyl groups is 1. The van der Waals surface area contributed by atoms with Gasteiger partial charge in [-0.25, -0.2) is 0 Å². The van der Waals surface area contributed by atoms with Gasteiger partial charge in [-0.15, -0.1) is 0 Å². The van der Waals surface area contributed by atoms with Gasteiger partial charge in [-0.05, 0) is 24.8 Å². The van der Waals surface area contributed by atoms with Crippen molar-refractivity contribution >= 4 is 5.69 Å². The molecule has 0 radical (unpaired) electrons. The van der Waals surface area contributed by atoms with Crippen LogP contribution in [0.3, 0.4) is 0 Å². The summed E-state index contributed by atoms with van der Waals surface area (Å²) in [6, 6.07) is 4.75. The Hall–Kier alpha value is -1.22. The Labute approximate surface area is 83.2 Å². The Morgan fingerprint density at radius 2 is 2.07 bits per heavy atom. The van der Waals surface area contributed by atoms with Gasteiger partial charge in [-0.1, -0.05) is 12.5 Å². The van der Waals surface area contributed by atoms with Gasteiger partial charge in [0.15, 0.2) is 0 Å². The van der Waals surface area contributed by atoms with Crippen LogP contribution in [-0.2, 0) is 0 Å². The van der Waals surface area contributed by atoms with Crippen LogP contribution in [0.1, 0.15) is 30.9 Å². The van der Waals surface area contributed by atoms with Gasteiger partial charge >= 0.3 is 0 Å². The fourth-order valence-electron chi connectivity index (χ4n) is 1.84. The molecule has 76 valence electrons. The van der Waals surface area contributed by atoms with Crippen molar-refractivity contribution in [2.75, 3.05) is 5.73 Å². The maximum absolute atomic E-state index is 9.95. The van der Waals surface area contributed by atoms with Crippen molar-refractivity contribution in [2.45, 2.75) is 25.4 Å². The zero-order chi connectivity index (χ0) is 10.1. The van der Waals surface area contributed by atoms with Crippen LogP contribution < -0.4 is 5.73 Å². The van der Waals surface area contributed by atoms with E-state index in [0.29, 0.717) is 11.6 Å². The Morgan fingerprint density at radius 3 is 2.57 bits per heavy atom. The molecule has 0 amide bonds. The van der Waals surface area contributed by atoms with Crippen molar-refractivity contribution in [3.05, 3.63) is 23.8 Å². The number of phenols is 1. The number of hydrogen-bond acceptors (Lipinski definition) is 3. The van der Waals surface area contributed by atoms with Crippen LogP contribution in [0.25, 0.3) is 0 Å². The first-order chi connectivity index (χ1) is 6.68. The average Bonchev–Trinajstić information content (AvgIpc) is 2.00. The summed E-state index contributed by atoms with van der Waals surface area (Å²) in [5.74, 6) is 0.494. The lowest BCUT2D eigenvalue weighted by atomic mass is 9.78. The lowest BCUT2D eigenvalue weighted by molar-refractivity contribution is 0.0626. The van der Waals surface area contributed by atoms with Crippen molar-refractivity contribution in [1.29, 1.82) is 0 Å². The number of nitrogen functional groups attached to an aromatic ring is 1. The normalized spacial score (nSPS) is 18.9. The number of anilines is 1. The van der Waals surface area contributed by atoms with Crippen molar-refractivity contribution in [3.63, 3.8) is 0 Å². The third kappa shape index (κ3) is 1.55. The Kier molecular flexibility index (Phi) is 2.33. The van der Waals surface area contributed by atoms with Crippen LogP contribution >= 0.6 is 0 Å². The SMILES string of the molecule is Nc1cc(O)ccc1C(O)C1CCC1. The lowest BCUT2D eigenvalue weighted by Crippen LogP contribution is -2.20. The number of rotatable bonds is 2. The molecule has 0 heterocycles. The summed E-state index contributed by atoms with van der Waals surface area (Å²) >= 11 is 0. The molecule has 0 aromatic heterocycles. The van der Waals surface area contributed by atoms with Crippen molar-refractivity contribution < 1.29 is 10.2 Å². The summed E-state index contributed by atoms with van der Waals surface area (Å²) in [7, 11) is 0. The van der Waals surface area contributed by atoms with Crippen LogP contribution in [0.2, 0.25) is 0 Å². The van der Waals surface area contributed by atoms with Crippen molar-refractivity contribution in [3.8, 4) is 5.75 Å². The quantitative estimate of drug-likeness (QED) is 0.627. The highest BCUT2D eigenvalue weighted by Gasteiger charge is 2.27. The van der Waals surface area contributed by atoms with E-state index in [2.05, 4.69) is 0 Å². The standard InChI is InChI=1S/C11H15NO2/c12-10-6-8(13)4-5-9(10)11(14)7-2-1-3-7/h4-7,11,13-14H,1-3,12H2. The van der Waals surface area contributed by atoms with E-state index >= 15 is 0 Å². The number of hydrogen-bond donors (Lipinski definition) is 3. The summed E-state index contributed by atoms with van der Waals surface area (Å²) in [5.41, 5.74) is 6.94. The first-order valence-corrected chi connectivity index (χ1v) is 4.95. The Morgan fingerprint density at radius 1 is 1.36 bits per heavy atom. The topological polar surface area (TPSA) is 66.5 Å². The van der Waals surface area contributed by atoms with Crippen LogP contribution in [0, 0.1) is 5.92 Å². The van der Waals surface area contributed by atoms with Gasteiger partial charge in [0.05, 0.1) is 6.10 Å². The molecular formula is C11H15NO2. The zero-order valence-electron chi connectivity index (χ0n) is 7.98. The first-order valence-electron chi connectivity index (χ1n) is 4.95. The molecule has 0 spiro atoms. The van der Waals surface area contributed by atoms with Crippen molar-refractivity contribution in [1.82, 2.24) is 0 Å². The summed E-state index contributed by atoms with van der Waals surface area (Å²) in [6.45, 7) is 0. The molecule has 2 rings (SSSR count). The van der Waals surface area contributed by atoms with Gasteiger partial charge in [0, 0.05) is 17.3 Å². The third-order valence-electron chi connectivity index (χ3n) is 2.99. The van der Waals surface area contributed by atoms with Crippen LogP contribution in [0.5, 0.6) is 5.75 Å². The predicted molar refractivity (Wildman–Crippen MR) is 54.8 cm³/mol. The molecule has 14 heavy (non-hydrogen) atoms. The van der Waals surface area contributed by atoms with Gasteiger partial charge in [0.25, 0.3) is 0 Å². The second-order valence-electron chi connectivity index (χ2n) is 3.95. The third-order valence-corrected chi connectivity index (χ3v) is 2.99. The minimum atomic E-state index is -0.468. The van der Waals surface area contributed by atoms with E-state index in [0.717, 1.165) is 18.4 Å². The molecule has 1 fully saturated rings. The molecule has 1 aliphatic carbocycles. The second kappa shape index (κ2) is 3.50. The summed E-state index contributed by atoms with van der Waals surface area (Å²) in [4.78, 5) is 0. The van der Waals surface area contributed by atoms with Crippen molar-refractivity contribution in [2.24, 2.45) is 5.92 Å². The molecule has 3 heteroatoms. The van der Waals surface area contributed by atoms with E-state index in [1.165, 1.54) is 12.5 Å². The highest BCUT2D eigenvalue weighted by Crippen LogP contribution is 2.39. The number of aliphatic hydroxyl groups is 1. The number of benzene rings is 1. The molecule has 4 N–H and O–H groups in total. The van der Waals surface area contributed by atoms with E-state index < -0.39 is 6.10 Å². The molecule has 1 aliphatic rings. The van der Waals surface area contributed by atoms with Gasteiger partial charge in [0.1, 0.15) is 5.75 Å². The number of phenolic OH excluding ortho intramolecular Hbond substituents is 1. The highest BCUT2D eigenvalue weighted by atomic mass is 16.3.